The first kappa shape index (κ1) is 15.7. The highest BCUT2D eigenvalue weighted by atomic mass is 19.1. The van der Waals surface area contributed by atoms with Gasteiger partial charge in [-0.3, -0.25) is 9.59 Å². The van der Waals surface area contributed by atoms with Crippen molar-refractivity contribution in [3.63, 3.8) is 0 Å². The maximum atomic E-state index is 13.4. The summed E-state index contributed by atoms with van der Waals surface area (Å²) in [5.41, 5.74) is 1.31. The summed E-state index contributed by atoms with van der Waals surface area (Å²) < 4.78 is 23.7. The smallest absolute Gasteiger partial charge is 0.256 e. The first-order valence-electron chi connectivity index (χ1n) is 7.13. The monoisotopic (exact) mass is 327 g/mol. The third kappa shape index (κ3) is 2.74. The number of carbonyl (C=O) groups excluding carboxylic acids is 2. The Labute approximate surface area is 137 Å². The minimum Gasteiger partial charge on any atom is -0.493 e. The average molecular weight is 327 g/mol. The summed E-state index contributed by atoms with van der Waals surface area (Å²) in [6, 6.07) is 8.63. The number of carbonyl (C=O) groups is 2. The number of fused-ring (bicyclic) bond motifs is 1. The summed E-state index contributed by atoms with van der Waals surface area (Å²) in [6.07, 6.45) is 1.20. The summed E-state index contributed by atoms with van der Waals surface area (Å²) in [4.78, 5) is 24.5. The zero-order valence-electron chi connectivity index (χ0n) is 13.1. The van der Waals surface area contributed by atoms with E-state index < -0.39 is 17.5 Å². The number of hydrogen-bond donors (Lipinski definition) is 1. The molecule has 0 atom stereocenters. The molecule has 0 spiro atoms. The molecule has 0 aliphatic carbocycles. The van der Waals surface area contributed by atoms with Gasteiger partial charge < -0.3 is 14.8 Å². The summed E-state index contributed by atoms with van der Waals surface area (Å²) in [5.74, 6) is -0.408. The van der Waals surface area contributed by atoms with Gasteiger partial charge in [-0.2, -0.15) is 0 Å². The molecule has 0 radical (unpaired) electrons. The van der Waals surface area contributed by atoms with Crippen molar-refractivity contribution in [1.82, 2.24) is 0 Å². The van der Waals surface area contributed by atoms with Crippen LogP contribution in [0.2, 0.25) is 0 Å². The lowest BCUT2D eigenvalue weighted by Crippen LogP contribution is -2.06. The van der Waals surface area contributed by atoms with Crippen LogP contribution in [-0.2, 0) is 4.79 Å². The molecule has 2 aromatic rings. The quantitative estimate of drug-likeness (QED) is 0.692. The van der Waals surface area contributed by atoms with Gasteiger partial charge in [-0.25, -0.2) is 4.39 Å². The van der Waals surface area contributed by atoms with Gasteiger partial charge in [-0.15, -0.1) is 0 Å². The third-order valence-electron chi connectivity index (χ3n) is 3.71. The molecule has 0 saturated heterocycles. The SMILES string of the molecule is COc1ccc(C(=O)C=C2C(=O)Nc3ccc(F)cc32)cc1OC. The van der Waals surface area contributed by atoms with Gasteiger partial charge in [0.1, 0.15) is 5.82 Å². The lowest BCUT2D eigenvalue weighted by Gasteiger charge is -2.08. The predicted molar refractivity (Wildman–Crippen MR) is 86.9 cm³/mol. The van der Waals surface area contributed by atoms with Crippen LogP contribution in [0.1, 0.15) is 15.9 Å². The Morgan fingerprint density at radius 3 is 2.54 bits per heavy atom. The zero-order chi connectivity index (χ0) is 17.3. The van der Waals surface area contributed by atoms with E-state index in [0.29, 0.717) is 28.3 Å². The maximum Gasteiger partial charge on any atom is 0.256 e. The van der Waals surface area contributed by atoms with Crippen LogP contribution in [-0.4, -0.2) is 25.9 Å². The van der Waals surface area contributed by atoms with Crippen molar-refractivity contribution < 1.29 is 23.5 Å². The summed E-state index contributed by atoms with van der Waals surface area (Å²) in [6.45, 7) is 0. The highest BCUT2D eigenvalue weighted by Gasteiger charge is 2.25. The Hall–Kier alpha value is -3.15. The minimum absolute atomic E-state index is 0.129. The highest BCUT2D eigenvalue weighted by Crippen LogP contribution is 2.33. The van der Waals surface area contributed by atoms with Crippen LogP contribution in [0.4, 0.5) is 10.1 Å². The van der Waals surface area contributed by atoms with Gasteiger partial charge in [0, 0.05) is 16.8 Å². The molecule has 122 valence electrons. The largest absolute Gasteiger partial charge is 0.493 e. The number of halogens is 1. The van der Waals surface area contributed by atoms with Crippen LogP contribution in [0.25, 0.3) is 5.57 Å². The molecule has 0 unspecified atom stereocenters. The van der Waals surface area contributed by atoms with E-state index in [9.17, 15) is 14.0 Å². The van der Waals surface area contributed by atoms with Crippen LogP contribution in [0.15, 0.2) is 42.5 Å². The van der Waals surface area contributed by atoms with Gasteiger partial charge in [0.25, 0.3) is 5.91 Å². The van der Waals surface area contributed by atoms with E-state index >= 15 is 0 Å². The molecular weight excluding hydrogens is 313 g/mol. The van der Waals surface area contributed by atoms with Gasteiger partial charge in [0.05, 0.1) is 19.8 Å². The van der Waals surface area contributed by atoms with Crippen molar-refractivity contribution in [2.45, 2.75) is 0 Å². The van der Waals surface area contributed by atoms with E-state index in [2.05, 4.69) is 5.32 Å². The van der Waals surface area contributed by atoms with E-state index in [1.165, 1.54) is 44.6 Å². The lowest BCUT2D eigenvalue weighted by molar-refractivity contribution is -0.110. The molecule has 0 fully saturated rings. The molecule has 2 aromatic carbocycles. The Morgan fingerprint density at radius 1 is 1.08 bits per heavy atom. The topological polar surface area (TPSA) is 64.6 Å². The van der Waals surface area contributed by atoms with Crippen LogP contribution < -0.4 is 14.8 Å². The normalized spacial score (nSPS) is 14.3. The molecule has 24 heavy (non-hydrogen) atoms. The number of rotatable bonds is 4. The summed E-state index contributed by atoms with van der Waals surface area (Å²) >= 11 is 0. The van der Waals surface area contributed by atoms with Crippen LogP contribution >= 0.6 is 0 Å². The number of nitrogens with one attached hydrogen (secondary N) is 1. The number of allylic oxidation sites excluding steroid dienone is 1. The van der Waals surface area contributed by atoms with Gasteiger partial charge in [-0.05, 0) is 42.5 Å². The molecule has 3 rings (SSSR count). The predicted octanol–water partition coefficient (Wildman–Crippen LogP) is 3.06. The van der Waals surface area contributed by atoms with Crippen LogP contribution in [0.3, 0.4) is 0 Å². The van der Waals surface area contributed by atoms with Gasteiger partial charge in [0.2, 0.25) is 0 Å². The number of ketones is 1. The number of benzene rings is 2. The molecule has 6 heteroatoms. The van der Waals surface area contributed by atoms with E-state index in [1.807, 2.05) is 0 Å². The second kappa shape index (κ2) is 6.16. The Morgan fingerprint density at radius 2 is 1.83 bits per heavy atom. The van der Waals surface area contributed by atoms with Crippen molar-refractivity contribution in [2.75, 3.05) is 19.5 Å². The van der Waals surface area contributed by atoms with Gasteiger partial charge in [0.15, 0.2) is 17.3 Å². The molecule has 1 aliphatic heterocycles. The Balaban J connectivity index is 1.99. The number of anilines is 1. The van der Waals surface area contributed by atoms with Crippen molar-refractivity contribution in [3.8, 4) is 11.5 Å². The van der Waals surface area contributed by atoms with Crippen LogP contribution in [0, 0.1) is 5.82 Å². The molecule has 5 nitrogen and oxygen atoms in total. The standard InChI is InChI=1S/C18H14FNO4/c1-23-16-6-3-10(7-17(16)24-2)15(21)9-13-12-8-11(19)4-5-14(12)20-18(13)22/h3-9H,1-2H3,(H,20,22). The van der Waals surface area contributed by atoms with Crippen molar-refractivity contribution in [1.29, 1.82) is 0 Å². The first-order valence-corrected chi connectivity index (χ1v) is 7.13. The fourth-order valence-corrected chi connectivity index (χ4v) is 2.51. The first-order chi connectivity index (χ1) is 11.5. The number of hydrogen-bond acceptors (Lipinski definition) is 4. The van der Waals surface area contributed by atoms with E-state index in [1.54, 1.807) is 12.1 Å². The minimum atomic E-state index is -0.477. The molecule has 0 aromatic heterocycles. The number of amides is 1. The molecular formula is C18H14FNO4. The molecule has 1 aliphatic rings. The summed E-state index contributed by atoms with van der Waals surface area (Å²) in [7, 11) is 2.96. The molecule has 1 N–H and O–H groups in total. The van der Waals surface area contributed by atoms with Gasteiger partial charge >= 0.3 is 0 Å². The fourth-order valence-electron chi connectivity index (χ4n) is 2.51. The van der Waals surface area contributed by atoms with Crippen LogP contribution in [0.5, 0.6) is 11.5 Å². The number of ether oxygens (including phenoxy) is 2. The van der Waals surface area contributed by atoms with Crippen molar-refractivity contribution in [2.24, 2.45) is 0 Å². The second-order valence-corrected chi connectivity index (χ2v) is 5.14. The lowest BCUT2D eigenvalue weighted by atomic mass is 10.0. The zero-order valence-corrected chi connectivity index (χ0v) is 13.1. The fraction of sp³-hybridized carbons (Fsp3) is 0.111. The molecule has 0 saturated carbocycles. The average Bonchev–Trinajstić information content (AvgIpc) is 2.89. The van der Waals surface area contributed by atoms with Crippen molar-refractivity contribution in [3.05, 3.63) is 59.4 Å². The molecule has 1 amide bonds. The third-order valence-corrected chi connectivity index (χ3v) is 3.71. The van der Waals surface area contributed by atoms with E-state index in [-0.39, 0.29) is 5.57 Å². The Kier molecular flexibility index (Phi) is 4.04. The summed E-state index contributed by atoms with van der Waals surface area (Å²) in [5, 5.41) is 2.60. The molecule has 1 heterocycles. The maximum absolute atomic E-state index is 13.4. The van der Waals surface area contributed by atoms with E-state index in [0.717, 1.165) is 0 Å². The Bertz CT molecular complexity index is 873. The highest BCUT2D eigenvalue weighted by molar-refractivity contribution is 6.35. The van der Waals surface area contributed by atoms with Gasteiger partial charge in [-0.1, -0.05) is 0 Å². The number of methoxy groups -OCH3 is 2. The molecule has 0 bridgehead atoms. The van der Waals surface area contributed by atoms with Crippen molar-refractivity contribution >= 4 is 23.0 Å². The second-order valence-electron chi connectivity index (χ2n) is 5.14. The van der Waals surface area contributed by atoms with E-state index in [4.69, 9.17) is 9.47 Å².